The van der Waals surface area contributed by atoms with E-state index in [0.717, 1.165) is 0 Å². The second-order valence-electron chi connectivity index (χ2n) is 7.24. The lowest BCUT2D eigenvalue weighted by Crippen LogP contribution is -2.47. The Labute approximate surface area is 168 Å². The average Bonchev–Trinajstić information content (AvgIpc) is 2.74. The van der Waals surface area contributed by atoms with Crippen LogP contribution in [0.5, 0.6) is 0 Å². The van der Waals surface area contributed by atoms with E-state index in [1.807, 2.05) is 6.07 Å². The number of hydrogen-bond donors (Lipinski definition) is 2. The third kappa shape index (κ3) is 4.80. The lowest BCUT2D eigenvalue weighted by molar-refractivity contribution is -0.143. The van der Waals surface area contributed by atoms with E-state index < -0.39 is 29.7 Å². The Morgan fingerprint density at radius 2 is 1.90 bits per heavy atom. The Morgan fingerprint density at radius 1 is 1.17 bits per heavy atom. The molecule has 0 bridgehead atoms. The maximum atomic E-state index is 13.5. The number of aliphatic carboxylic acids is 1. The summed E-state index contributed by atoms with van der Waals surface area (Å²) in [6, 6.07) is 11.5. The van der Waals surface area contributed by atoms with Gasteiger partial charge in [-0.25, -0.2) is 9.18 Å². The molecule has 2 amide bonds. The van der Waals surface area contributed by atoms with Gasteiger partial charge >= 0.3 is 5.97 Å². The van der Waals surface area contributed by atoms with Gasteiger partial charge in [0.05, 0.1) is 5.92 Å². The Balaban J connectivity index is 1.70. The normalized spacial score (nSPS) is 17.4. The molecule has 0 spiro atoms. The lowest BCUT2D eigenvalue weighted by atomic mass is 9.95. The van der Waals surface area contributed by atoms with E-state index in [1.165, 1.54) is 25.1 Å². The standard InChI is InChI=1S/C22H23FN2O4/c1-14-12-16(9-10-18(14)23)19(22(28)29)24-20(26)17-8-5-11-25(13-17)21(27)15-6-3-2-4-7-15/h2-4,6-7,9-10,12,17,19H,5,8,11,13H2,1H3,(H,24,26)(H,28,29). The van der Waals surface area contributed by atoms with E-state index in [9.17, 15) is 23.9 Å². The van der Waals surface area contributed by atoms with Gasteiger partial charge in [-0.15, -0.1) is 0 Å². The molecule has 0 saturated carbocycles. The number of carboxylic acid groups (broad SMARTS) is 1. The molecule has 0 aromatic heterocycles. The van der Waals surface area contributed by atoms with E-state index >= 15 is 0 Å². The van der Waals surface area contributed by atoms with E-state index in [0.29, 0.717) is 36.1 Å². The van der Waals surface area contributed by atoms with Crippen LogP contribution < -0.4 is 5.32 Å². The summed E-state index contributed by atoms with van der Waals surface area (Å²) in [5.41, 5.74) is 1.16. The predicted molar refractivity (Wildman–Crippen MR) is 105 cm³/mol. The third-order valence-electron chi connectivity index (χ3n) is 5.15. The largest absolute Gasteiger partial charge is 0.479 e. The van der Waals surface area contributed by atoms with Gasteiger partial charge < -0.3 is 15.3 Å². The first-order chi connectivity index (χ1) is 13.9. The van der Waals surface area contributed by atoms with Crippen LogP contribution in [0, 0.1) is 18.7 Å². The molecule has 1 aliphatic heterocycles. The molecule has 0 aliphatic carbocycles. The van der Waals surface area contributed by atoms with Gasteiger partial charge in [-0.2, -0.15) is 0 Å². The van der Waals surface area contributed by atoms with Crippen LogP contribution in [0.15, 0.2) is 48.5 Å². The predicted octanol–water partition coefficient (Wildman–Crippen LogP) is 2.93. The number of hydrogen-bond acceptors (Lipinski definition) is 3. The van der Waals surface area contributed by atoms with Crippen LogP contribution in [-0.4, -0.2) is 40.9 Å². The molecule has 3 rings (SSSR count). The summed E-state index contributed by atoms with van der Waals surface area (Å²) in [5.74, 6) is -2.74. The fourth-order valence-electron chi connectivity index (χ4n) is 3.53. The minimum atomic E-state index is -1.28. The van der Waals surface area contributed by atoms with Crippen molar-refractivity contribution in [1.29, 1.82) is 0 Å². The molecule has 1 saturated heterocycles. The van der Waals surface area contributed by atoms with Crippen molar-refractivity contribution in [3.8, 4) is 0 Å². The van der Waals surface area contributed by atoms with E-state index in [4.69, 9.17) is 0 Å². The van der Waals surface area contributed by atoms with Gasteiger partial charge in [0.25, 0.3) is 5.91 Å². The zero-order valence-corrected chi connectivity index (χ0v) is 16.1. The summed E-state index contributed by atoms with van der Waals surface area (Å²) in [7, 11) is 0. The molecule has 1 fully saturated rings. The number of halogens is 1. The summed E-state index contributed by atoms with van der Waals surface area (Å²) in [5, 5.41) is 12.1. The van der Waals surface area contributed by atoms with Gasteiger partial charge in [-0.1, -0.05) is 30.3 Å². The number of piperidine rings is 1. The van der Waals surface area contributed by atoms with Crippen molar-refractivity contribution >= 4 is 17.8 Å². The molecule has 2 N–H and O–H groups in total. The Hall–Kier alpha value is -3.22. The number of benzene rings is 2. The Bertz CT molecular complexity index is 916. The number of carboxylic acids is 1. The van der Waals surface area contributed by atoms with Gasteiger partial charge in [-0.05, 0) is 49.1 Å². The number of nitrogens with one attached hydrogen (secondary N) is 1. The van der Waals surface area contributed by atoms with Crippen LogP contribution in [0.3, 0.4) is 0 Å². The van der Waals surface area contributed by atoms with Crippen LogP contribution in [0.4, 0.5) is 4.39 Å². The second kappa shape index (κ2) is 8.86. The third-order valence-corrected chi connectivity index (χ3v) is 5.15. The van der Waals surface area contributed by atoms with Gasteiger partial charge in [-0.3, -0.25) is 9.59 Å². The highest BCUT2D eigenvalue weighted by molar-refractivity contribution is 5.95. The maximum absolute atomic E-state index is 13.5. The summed E-state index contributed by atoms with van der Waals surface area (Å²) < 4.78 is 13.5. The van der Waals surface area contributed by atoms with Gasteiger partial charge in [0, 0.05) is 18.7 Å². The van der Waals surface area contributed by atoms with Gasteiger partial charge in [0.1, 0.15) is 5.82 Å². The van der Waals surface area contributed by atoms with Crippen LogP contribution >= 0.6 is 0 Å². The molecule has 2 atom stereocenters. The molecule has 6 nitrogen and oxygen atoms in total. The Kier molecular flexibility index (Phi) is 6.26. The summed E-state index contributed by atoms with van der Waals surface area (Å²) in [6.45, 7) is 2.32. The SMILES string of the molecule is Cc1cc(C(NC(=O)C2CCCN(C(=O)c3ccccc3)C2)C(=O)O)ccc1F. The number of likely N-dealkylation sites (tertiary alicyclic amines) is 1. The molecule has 1 heterocycles. The first-order valence-corrected chi connectivity index (χ1v) is 9.50. The number of carbonyl (C=O) groups is 3. The number of nitrogens with zero attached hydrogens (tertiary/aromatic N) is 1. The van der Waals surface area contributed by atoms with E-state index in [-0.39, 0.29) is 12.5 Å². The molecule has 1 aliphatic rings. The van der Waals surface area contributed by atoms with Gasteiger partial charge in [0.15, 0.2) is 6.04 Å². The zero-order chi connectivity index (χ0) is 21.0. The second-order valence-corrected chi connectivity index (χ2v) is 7.24. The first kappa shape index (κ1) is 20.5. The number of amides is 2. The van der Waals surface area contributed by atoms with Crippen molar-refractivity contribution in [1.82, 2.24) is 10.2 Å². The van der Waals surface area contributed by atoms with Crippen LogP contribution in [-0.2, 0) is 9.59 Å². The van der Waals surface area contributed by atoms with Crippen molar-refractivity contribution in [2.45, 2.75) is 25.8 Å². The van der Waals surface area contributed by atoms with E-state index in [2.05, 4.69) is 5.32 Å². The smallest absolute Gasteiger partial charge is 0.330 e. The van der Waals surface area contributed by atoms with Crippen LogP contribution in [0.2, 0.25) is 0 Å². The Morgan fingerprint density at radius 3 is 2.55 bits per heavy atom. The van der Waals surface area contributed by atoms with Crippen LogP contribution in [0.25, 0.3) is 0 Å². The number of aryl methyl sites for hydroxylation is 1. The molecule has 2 unspecified atom stereocenters. The quantitative estimate of drug-likeness (QED) is 0.811. The monoisotopic (exact) mass is 398 g/mol. The zero-order valence-electron chi connectivity index (χ0n) is 16.1. The number of rotatable bonds is 5. The summed E-state index contributed by atoms with van der Waals surface area (Å²) >= 11 is 0. The fraction of sp³-hybridized carbons (Fsp3) is 0.318. The first-order valence-electron chi connectivity index (χ1n) is 9.50. The molecular weight excluding hydrogens is 375 g/mol. The molecule has 0 radical (unpaired) electrons. The minimum absolute atomic E-state index is 0.146. The average molecular weight is 398 g/mol. The maximum Gasteiger partial charge on any atom is 0.330 e. The van der Waals surface area contributed by atoms with Crippen LogP contribution in [0.1, 0.15) is 40.4 Å². The highest BCUT2D eigenvalue weighted by Gasteiger charge is 2.32. The van der Waals surface area contributed by atoms with Crippen molar-refractivity contribution in [3.63, 3.8) is 0 Å². The molecule has 7 heteroatoms. The summed E-state index contributed by atoms with van der Waals surface area (Å²) in [4.78, 5) is 38.7. The van der Waals surface area contributed by atoms with Crippen molar-refractivity contribution < 1.29 is 23.9 Å². The topological polar surface area (TPSA) is 86.7 Å². The van der Waals surface area contributed by atoms with Crippen molar-refractivity contribution in [2.24, 2.45) is 5.92 Å². The van der Waals surface area contributed by atoms with E-state index in [1.54, 1.807) is 29.2 Å². The molecule has 152 valence electrons. The van der Waals surface area contributed by atoms with Gasteiger partial charge in [0.2, 0.25) is 5.91 Å². The molecule has 2 aromatic carbocycles. The molecule has 2 aromatic rings. The van der Waals surface area contributed by atoms with Crippen molar-refractivity contribution in [3.05, 3.63) is 71.0 Å². The fourth-order valence-corrected chi connectivity index (χ4v) is 3.53. The highest BCUT2D eigenvalue weighted by Crippen LogP contribution is 2.22. The molecule has 29 heavy (non-hydrogen) atoms. The molecular formula is C22H23FN2O4. The minimum Gasteiger partial charge on any atom is -0.479 e. The highest BCUT2D eigenvalue weighted by atomic mass is 19.1. The van der Waals surface area contributed by atoms with Crippen molar-refractivity contribution in [2.75, 3.05) is 13.1 Å². The summed E-state index contributed by atoms with van der Waals surface area (Å²) in [6.07, 6.45) is 1.23. The lowest BCUT2D eigenvalue weighted by Gasteiger charge is -2.32. The number of carbonyl (C=O) groups excluding carboxylic acids is 2.